The van der Waals surface area contributed by atoms with E-state index in [1.54, 1.807) is 12.1 Å². The Balaban J connectivity index is 2.63. The Morgan fingerprint density at radius 3 is 2.24 bits per heavy atom. The highest BCUT2D eigenvalue weighted by Gasteiger charge is 2.20. The van der Waals surface area contributed by atoms with Crippen LogP contribution in [-0.4, -0.2) is 10.7 Å². The number of amides is 1. The van der Waals surface area contributed by atoms with E-state index in [1.807, 2.05) is 20.8 Å². The van der Waals surface area contributed by atoms with Crippen molar-refractivity contribution in [2.45, 2.75) is 31.6 Å². The molecule has 4 heteroatoms. The molecule has 2 unspecified atom stereocenters. The number of hydrogen-bond donors (Lipinski definition) is 1. The van der Waals surface area contributed by atoms with Gasteiger partial charge in [0.15, 0.2) is 0 Å². The third kappa shape index (κ3) is 4.11. The summed E-state index contributed by atoms with van der Waals surface area (Å²) in [6, 6.07) is 6.03. The van der Waals surface area contributed by atoms with Crippen LogP contribution in [0.15, 0.2) is 24.3 Å². The van der Waals surface area contributed by atoms with E-state index in [0.29, 0.717) is 0 Å². The Kier molecular flexibility index (Phi) is 5.12. The molecule has 1 aromatic rings. The number of hydrogen-bond acceptors (Lipinski definition) is 1. The highest BCUT2D eigenvalue weighted by molar-refractivity contribution is 9.10. The molecule has 0 aliphatic carbocycles. The Bertz CT molecular complexity index is 378. The van der Waals surface area contributed by atoms with Crippen molar-refractivity contribution in [1.82, 2.24) is 5.32 Å². The van der Waals surface area contributed by atoms with E-state index in [2.05, 4.69) is 21.2 Å². The van der Waals surface area contributed by atoms with Crippen LogP contribution in [-0.2, 0) is 4.79 Å². The van der Waals surface area contributed by atoms with Gasteiger partial charge in [0.05, 0.1) is 10.9 Å². The van der Waals surface area contributed by atoms with Gasteiger partial charge in [0.1, 0.15) is 5.82 Å². The Morgan fingerprint density at radius 2 is 1.76 bits per heavy atom. The Labute approximate surface area is 110 Å². The predicted octanol–water partition coefficient (Wildman–Crippen LogP) is 3.42. The number of nitrogens with one attached hydrogen (secondary N) is 1. The molecule has 1 rings (SSSR count). The van der Waals surface area contributed by atoms with E-state index >= 15 is 0 Å². The van der Waals surface area contributed by atoms with Crippen LogP contribution in [0.1, 0.15) is 32.4 Å². The van der Waals surface area contributed by atoms with Crippen molar-refractivity contribution >= 4 is 21.8 Å². The number of benzene rings is 1. The van der Waals surface area contributed by atoms with E-state index in [9.17, 15) is 9.18 Å². The van der Waals surface area contributed by atoms with Crippen molar-refractivity contribution in [2.75, 3.05) is 0 Å². The van der Waals surface area contributed by atoms with Crippen LogP contribution in [0.25, 0.3) is 0 Å². The summed E-state index contributed by atoms with van der Waals surface area (Å²) in [4.78, 5) is 11.6. The van der Waals surface area contributed by atoms with Gasteiger partial charge < -0.3 is 5.32 Å². The van der Waals surface area contributed by atoms with Gasteiger partial charge in [-0.3, -0.25) is 4.79 Å². The van der Waals surface area contributed by atoms with Gasteiger partial charge in [-0.15, -0.1) is 0 Å². The van der Waals surface area contributed by atoms with Crippen LogP contribution in [0.5, 0.6) is 0 Å². The van der Waals surface area contributed by atoms with Crippen LogP contribution in [0.2, 0.25) is 0 Å². The lowest BCUT2D eigenvalue weighted by molar-refractivity contribution is -0.121. The number of carbonyl (C=O) groups is 1. The average Bonchev–Trinajstić information content (AvgIpc) is 2.28. The molecular formula is C13H17BrFNO. The van der Waals surface area contributed by atoms with Gasteiger partial charge in [-0.05, 0) is 30.5 Å². The fraction of sp³-hybridized carbons (Fsp3) is 0.462. The Morgan fingerprint density at radius 1 is 1.24 bits per heavy atom. The molecule has 0 saturated heterocycles. The molecule has 1 N–H and O–H groups in total. The summed E-state index contributed by atoms with van der Waals surface area (Å²) in [7, 11) is 0. The van der Waals surface area contributed by atoms with E-state index in [4.69, 9.17) is 0 Å². The SMILES string of the molecule is CC(NC(=O)C(Br)C(C)C)c1ccc(F)cc1. The molecule has 2 nitrogen and oxygen atoms in total. The summed E-state index contributed by atoms with van der Waals surface area (Å²) in [5.41, 5.74) is 0.892. The van der Waals surface area contributed by atoms with Crippen molar-refractivity contribution < 1.29 is 9.18 Å². The first-order valence-corrected chi connectivity index (χ1v) is 6.53. The molecule has 1 aromatic carbocycles. The summed E-state index contributed by atoms with van der Waals surface area (Å²) in [6.45, 7) is 5.83. The molecule has 0 fully saturated rings. The molecule has 0 aromatic heterocycles. The lowest BCUT2D eigenvalue weighted by atomic mass is 10.1. The molecule has 0 saturated carbocycles. The molecule has 1 amide bonds. The fourth-order valence-corrected chi connectivity index (χ4v) is 1.56. The molecule has 0 bridgehead atoms. The third-order valence-corrected chi connectivity index (χ3v) is 4.04. The lowest BCUT2D eigenvalue weighted by Gasteiger charge is -2.19. The minimum absolute atomic E-state index is 0.0446. The van der Waals surface area contributed by atoms with Crippen molar-refractivity contribution in [3.63, 3.8) is 0 Å². The summed E-state index contributed by atoms with van der Waals surface area (Å²) in [5.74, 6) is -0.0833. The van der Waals surface area contributed by atoms with E-state index < -0.39 is 0 Å². The standard InChI is InChI=1S/C13H17BrFNO/c1-8(2)12(14)13(17)16-9(3)10-4-6-11(15)7-5-10/h4-9,12H,1-3H3,(H,16,17). The van der Waals surface area contributed by atoms with Crippen molar-refractivity contribution in [1.29, 1.82) is 0 Å². The van der Waals surface area contributed by atoms with Crippen molar-refractivity contribution in [3.05, 3.63) is 35.6 Å². The number of carbonyl (C=O) groups excluding carboxylic acids is 1. The lowest BCUT2D eigenvalue weighted by Crippen LogP contribution is -2.35. The first-order valence-electron chi connectivity index (χ1n) is 5.61. The van der Waals surface area contributed by atoms with Gasteiger partial charge in [0.2, 0.25) is 5.91 Å². The number of rotatable bonds is 4. The maximum absolute atomic E-state index is 12.8. The smallest absolute Gasteiger partial charge is 0.234 e. The second-order valence-electron chi connectivity index (χ2n) is 4.43. The fourth-order valence-electron chi connectivity index (χ4n) is 1.43. The van der Waals surface area contributed by atoms with Crippen LogP contribution >= 0.6 is 15.9 Å². The molecule has 0 radical (unpaired) electrons. The normalized spacial score (nSPS) is 14.5. The first-order chi connectivity index (χ1) is 7.91. The zero-order valence-corrected chi connectivity index (χ0v) is 11.8. The van der Waals surface area contributed by atoms with Crippen LogP contribution in [0.4, 0.5) is 4.39 Å². The number of halogens is 2. The average molecular weight is 302 g/mol. The maximum Gasteiger partial charge on any atom is 0.234 e. The van der Waals surface area contributed by atoms with Crippen LogP contribution in [0, 0.1) is 11.7 Å². The van der Waals surface area contributed by atoms with Gasteiger partial charge in [0, 0.05) is 0 Å². The minimum atomic E-state index is -0.271. The predicted molar refractivity (Wildman–Crippen MR) is 70.5 cm³/mol. The van der Waals surface area contributed by atoms with Crippen LogP contribution < -0.4 is 5.32 Å². The molecule has 94 valence electrons. The largest absolute Gasteiger partial charge is 0.349 e. The summed E-state index contributed by atoms with van der Waals surface area (Å²) >= 11 is 3.35. The molecular weight excluding hydrogens is 285 g/mol. The quantitative estimate of drug-likeness (QED) is 0.848. The van der Waals surface area contributed by atoms with Gasteiger partial charge in [-0.2, -0.15) is 0 Å². The van der Waals surface area contributed by atoms with Gasteiger partial charge in [-0.25, -0.2) is 4.39 Å². The van der Waals surface area contributed by atoms with Crippen molar-refractivity contribution in [2.24, 2.45) is 5.92 Å². The molecule has 0 heterocycles. The second-order valence-corrected chi connectivity index (χ2v) is 5.41. The topological polar surface area (TPSA) is 29.1 Å². The Hall–Kier alpha value is -0.900. The summed E-state index contributed by atoms with van der Waals surface area (Å²) in [6.07, 6.45) is 0. The molecule has 0 spiro atoms. The number of alkyl halides is 1. The van der Waals surface area contributed by atoms with Gasteiger partial charge in [0.25, 0.3) is 0 Å². The van der Waals surface area contributed by atoms with Crippen LogP contribution in [0.3, 0.4) is 0 Å². The summed E-state index contributed by atoms with van der Waals surface area (Å²) in [5, 5.41) is 2.89. The highest BCUT2D eigenvalue weighted by atomic mass is 79.9. The minimum Gasteiger partial charge on any atom is -0.349 e. The summed E-state index contributed by atoms with van der Waals surface area (Å²) < 4.78 is 12.8. The first kappa shape index (κ1) is 14.2. The maximum atomic E-state index is 12.8. The molecule has 2 atom stereocenters. The molecule has 0 aliphatic heterocycles. The zero-order chi connectivity index (χ0) is 13.0. The van der Waals surface area contributed by atoms with E-state index in [1.165, 1.54) is 12.1 Å². The third-order valence-electron chi connectivity index (χ3n) is 2.56. The van der Waals surface area contributed by atoms with Crippen molar-refractivity contribution in [3.8, 4) is 0 Å². The van der Waals surface area contributed by atoms with E-state index in [-0.39, 0.29) is 28.5 Å². The zero-order valence-electron chi connectivity index (χ0n) is 10.2. The molecule has 0 aliphatic rings. The van der Waals surface area contributed by atoms with E-state index in [0.717, 1.165) is 5.56 Å². The molecule has 17 heavy (non-hydrogen) atoms. The second kappa shape index (κ2) is 6.15. The van der Waals surface area contributed by atoms with Gasteiger partial charge >= 0.3 is 0 Å². The van der Waals surface area contributed by atoms with Gasteiger partial charge in [-0.1, -0.05) is 41.9 Å². The monoisotopic (exact) mass is 301 g/mol. The highest BCUT2D eigenvalue weighted by Crippen LogP contribution is 2.16.